The topological polar surface area (TPSA) is 9.23 Å². The normalized spacial score (nSPS) is 23.7. The number of rotatable bonds is 4. The van der Waals surface area contributed by atoms with Crippen LogP contribution in [0, 0.1) is 11.8 Å². The van der Waals surface area contributed by atoms with E-state index >= 15 is 0 Å². The van der Waals surface area contributed by atoms with E-state index in [0.29, 0.717) is 11.8 Å². The number of ether oxygens (including phenoxy) is 1. The van der Waals surface area contributed by atoms with Crippen LogP contribution in [0.1, 0.15) is 51.9 Å². The molecule has 0 bridgehead atoms. The molecule has 1 heteroatoms. The predicted octanol–water partition coefficient (Wildman–Crippen LogP) is 5.26. The van der Waals surface area contributed by atoms with E-state index in [1.165, 1.54) is 25.7 Å². The molecule has 1 aliphatic carbocycles. The van der Waals surface area contributed by atoms with Gasteiger partial charge < -0.3 is 4.74 Å². The molecule has 0 heterocycles. The van der Waals surface area contributed by atoms with Crippen LogP contribution in [0.2, 0.25) is 0 Å². The van der Waals surface area contributed by atoms with Gasteiger partial charge in [-0.25, -0.2) is 0 Å². The summed E-state index contributed by atoms with van der Waals surface area (Å²) in [5, 5.41) is 0. The average molecular weight is 248 g/mol. The van der Waals surface area contributed by atoms with Crippen LogP contribution in [-0.4, -0.2) is 7.11 Å². The van der Waals surface area contributed by atoms with Gasteiger partial charge in [-0.15, -0.1) is 6.58 Å². The summed E-state index contributed by atoms with van der Waals surface area (Å²) in [6.07, 6.45) is 17.5. The van der Waals surface area contributed by atoms with Gasteiger partial charge in [0.25, 0.3) is 0 Å². The van der Waals surface area contributed by atoms with E-state index < -0.39 is 0 Å². The Morgan fingerprint density at radius 2 is 2.28 bits per heavy atom. The SMILES string of the molecule is C=CCC(C)C1C=CCC(OC)=CCCCCC1. The second-order valence-electron chi connectivity index (χ2n) is 5.31. The minimum atomic E-state index is 0.694. The monoisotopic (exact) mass is 248 g/mol. The van der Waals surface area contributed by atoms with Gasteiger partial charge in [0.15, 0.2) is 0 Å². The van der Waals surface area contributed by atoms with Crippen LogP contribution in [0.4, 0.5) is 0 Å². The van der Waals surface area contributed by atoms with Gasteiger partial charge in [0.2, 0.25) is 0 Å². The Balaban J connectivity index is 2.63. The van der Waals surface area contributed by atoms with E-state index in [0.717, 1.165) is 25.0 Å². The Kier molecular flexibility index (Phi) is 7.55. The molecular formula is C17H28O. The first kappa shape index (κ1) is 15.1. The van der Waals surface area contributed by atoms with Gasteiger partial charge in [0.1, 0.15) is 0 Å². The molecule has 2 atom stereocenters. The maximum atomic E-state index is 5.40. The first-order valence-electron chi connectivity index (χ1n) is 7.28. The standard InChI is InChI=1S/C17H28O/c1-4-10-15(2)16-11-7-5-6-8-13-17(18-3)14-9-12-16/h4,9,12-13,15-16H,1,5-8,10-11,14H2,2-3H3. The van der Waals surface area contributed by atoms with Crippen molar-refractivity contribution in [1.29, 1.82) is 0 Å². The number of allylic oxidation sites excluding steroid dienone is 4. The lowest BCUT2D eigenvalue weighted by Gasteiger charge is -2.19. The van der Waals surface area contributed by atoms with Crippen LogP contribution >= 0.6 is 0 Å². The molecule has 102 valence electrons. The fourth-order valence-electron chi connectivity index (χ4n) is 2.58. The van der Waals surface area contributed by atoms with Gasteiger partial charge in [-0.05, 0) is 43.6 Å². The maximum absolute atomic E-state index is 5.40. The summed E-state index contributed by atoms with van der Waals surface area (Å²) in [5.41, 5.74) is 0. The third kappa shape index (κ3) is 5.57. The van der Waals surface area contributed by atoms with Gasteiger partial charge in [0.05, 0.1) is 12.9 Å². The van der Waals surface area contributed by atoms with Crippen molar-refractivity contribution >= 4 is 0 Å². The zero-order chi connectivity index (χ0) is 13.2. The second kappa shape index (κ2) is 9.02. The van der Waals surface area contributed by atoms with Crippen LogP contribution in [-0.2, 0) is 4.74 Å². The quantitative estimate of drug-likeness (QED) is 0.617. The Morgan fingerprint density at radius 3 is 3.00 bits per heavy atom. The summed E-state index contributed by atoms with van der Waals surface area (Å²) in [7, 11) is 1.77. The van der Waals surface area contributed by atoms with E-state index in [4.69, 9.17) is 4.74 Å². The Bertz CT molecular complexity index is 288. The average Bonchev–Trinajstić information content (AvgIpc) is 2.42. The fraction of sp³-hybridized carbons (Fsp3) is 0.647. The Labute approximate surface area is 113 Å². The van der Waals surface area contributed by atoms with Gasteiger partial charge in [-0.2, -0.15) is 0 Å². The van der Waals surface area contributed by atoms with Crippen molar-refractivity contribution < 1.29 is 4.74 Å². The van der Waals surface area contributed by atoms with E-state index in [1.54, 1.807) is 7.11 Å². The number of methoxy groups -OCH3 is 1. The van der Waals surface area contributed by atoms with E-state index in [9.17, 15) is 0 Å². The molecule has 1 aliphatic rings. The van der Waals surface area contributed by atoms with Crippen molar-refractivity contribution in [1.82, 2.24) is 0 Å². The van der Waals surface area contributed by atoms with Crippen LogP contribution in [0.3, 0.4) is 0 Å². The highest BCUT2D eigenvalue weighted by molar-refractivity contribution is 5.03. The van der Waals surface area contributed by atoms with Gasteiger partial charge in [0, 0.05) is 6.42 Å². The molecule has 2 unspecified atom stereocenters. The van der Waals surface area contributed by atoms with Crippen molar-refractivity contribution in [2.24, 2.45) is 11.8 Å². The molecule has 0 amide bonds. The minimum Gasteiger partial charge on any atom is -0.501 e. The molecule has 0 aromatic rings. The highest BCUT2D eigenvalue weighted by Gasteiger charge is 2.13. The molecule has 0 aliphatic heterocycles. The van der Waals surface area contributed by atoms with Crippen molar-refractivity contribution in [3.8, 4) is 0 Å². The third-order valence-corrected chi connectivity index (χ3v) is 3.85. The third-order valence-electron chi connectivity index (χ3n) is 3.85. The summed E-state index contributed by atoms with van der Waals surface area (Å²) in [4.78, 5) is 0. The number of hydrogen-bond acceptors (Lipinski definition) is 1. The van der Waals surface area contributed by atoms with Gasteiger partial charge in [-0.3, -0.25) is 0 Å². The molecule has 0 aromatic carbocycles. The molecule has 0 radical (unpaired) electrons. The zero-order valence-corrected chi connectivity index (χ0v) is 12.0. The zero-order valence-electron chi connectivity index (χ0n) is 12.0. The van der Waals surface area contributed by atoms with E-state index in [-0.39, 0.29) is 0 Å². The van der Waals surface area contributed by atoms with E-state index in [2.05, 4.69) is 31.7 Å². The highest BCUT2D eigenvalue weighted by Crippen LogP contribution is 2.25. The smallest absolute Gasteiger partial charge is 0.0953 e. The van der Waals surface area contributed by atoms with Crippen LogP contribution in [0.15, 0.2) is 36.6 Å². The van der Waals surface area contributed by atoms with Crippen molar-refractivity contribution in [3.63, 3.8) is 0 Å². The molecular weight excluding hydrogens is 220 g/mol. The molecule has 18 heavy (non-hydrogen) atoms. The van der Waals surface area contributed by atoms with Crippen LogP contribution < -0.4 is 0 Å². The van der Waals surface area contributed by atoms with Crippen molar-refractivity contribution in [3.05, 3.63) is 36.6 Å². The molecule has 0 N–H and O–H groups in total. The van der Waals surface area contributed by atoms with E-state index in [1.807, 2.05) is 6.08 Å². The fourth-order valence-corrected chi connectivity index (χ4v) is 2.58. The molecule has 1 rings (SSSR count). The Morgan fingerprint density at radius 1 is 1.44 bits per heavy atom. The first-order chi connectivity index (χ1) is 8.77. The molecule has 0 saturated heterocycles. The lowest BCUT2D eigenvalue weighted by atomic mass is 9.86. The van der Waals surface area contributed by atoms with Crippen molar-refractivity contribution in [2.75, 3.05) is 7.11 Å². The molecule has 0 aromatic heterocycles. The molecule has 0 saturated carbocycles. The molecule has 0 spiro atoms. The summed E-state index contributed by atoms with van der Waals surface area (Å²) in [5.74, 6) is 2.51. The lowest BCUT2D eigenvalue weighted by Crippen LogP contribution is -2.08. The molecule has 0 fully saturated rings. The summed E-state index contributed by atoms with van der Waals surface area (Å²) in [6, 6.07) is 0. The van der Waals surface area contributed by atoms with Crippen molar-refractivity contribution in [2.45, 2.75) is 51.9 Å². The Hall–Kier alpha value is -0.980. The van der Waals surface area contributed by atoms with Gasteiger partial charge in [-0.1, -0.05) is 38.0 Å². The number of hydrogen-bond donors (Lipinski definition) is 0. The van der Waals surface area contributed by atoms with Crippen LogP contribution in [0.25, 0.3) is 0 Å². The van der Waals surface area contributed by atoms with Crippen LogP contribution in [0.5, 0.6) is 0 Å². The largest absolute Gasteiger partial charge is 0.501 e. The van der Waals surface area contributed by atoms with Gasteiger partial charge >= 0.3 is 0 Å². The summed E-state index contributed by atoms with van der Waals surface area (Å²) >= 11 is 0. The molecule has 1 nitrogen and oxygen atoms in total. The summed E-state index contributed by atoms with van der Waals surface area (Å²) in [6.45, 7) is 6.19. The summed E-state index contributed by atoms with van der Waals surface area (Å²) < 4.78 is 5.40. The minimum absolute atomic E-state index is 0.694. The second-order valence-corrected chi connectivity index (χ2v) is 5.31. The highest BCUT2D eigenvalue weighted by atomic mass is 16.5. The maximum Gasteiger partial charge on any atom is 0.0953 e. The lowest BCUT2D eigenvalue weighted by molar-refractivity contribution is 0.282. The predicted molar refractivity (Wildman–Crippen MR) is 79.4 cm³/mol. The first-order valence-corrected chi connectivity index (χ1v) is 7.28.